The number of amides is 2. The number of hydrogen-bond donors (Lipinski definition) is 2. The van der Waals surface area contributed by atoms with Gasteiger partial charge in [0.05, 0.1) is 6.20 Å². The molecule has 0 saturated carbocycles. The quantitative estimate of drug-likeness (QED) is 0.826. The Hall–Kier alpha value is -2.45. The van der Waals surface area contributed by atoms with Gasteiger partial charge in [-0.25, -0.2) is 4.98 Å². The van der Waals surface area contributed by atoms with Crippen molar-refractivity contribution < 1.29 is 14.3 Å². The molecule has 1 aromatic heterocycles. The monoisotopic (exact) mass is 386 g/mol. The average Bonchev–Trinajstić information content (AvgIpc) is 3.13. The van der Waals surface area contributed by atoms with Crippen LogP contribution < -0.4 is 15.4 Å². The van der Waals surface area contributed by atoms with Crippen molar-refractivity contribution in [3.8, 4) is 10.8 Å². The molecule has 1 unspecified atom stereocenters. The molecule has 3 aliphatic heterocycles. The van der Waals surface area contributed by atoms with E-state index in [1.807, 2.05) is 0 Å². The van der Waals surface area contributed by atoms with Gasteiger partial charge in [-0.1, -0.05) is 11.3 Å². The topological polar surface area (TPSA) is 83.6 Å². The van der Waals surface area contributed by atoms with Crippen molar-refractivity contribution in [3.63, 3.8) is 0 Å². The molecule has 5 rings (SSSR count). The fourth-order valence-electron chi connectivity index (χ4n) is 3.70. The summed E-state index contributed by atoms with van der Waals surface area (Å²) in [6, 6.07) is 7.27. The molecule has 2 amide bonds. The summed E-state index contributed by atoms with van der Waals surface area (Å²) in [7, 11) is 0. The number of carbonyl (C=O) groups excluding carboxylic acids is 2. The second-order valence-electron chi connectivity index (χ2n) is 7.01. The van der Waals surface area contributed by atoms with Crippen molar-refractivity contribution in [1.29, 1.82) is 0 Å². The van der Waals surface area contributed by atoms with E-state index in [9.17, 15) is 9.59 Å². The van der Waals surface area contributed by atoms with E-state index in [0.29, 0.717) is 27.4 Å². The molecule has 2 bridgehead atoms. The largest absolute Gasteiger partial charge is 0.445 e. The first-order chi connectivity index (χ1) is 13.1. The molecular formula is C19H22N4O3S. The predicted octanol–water partition coefficient (Wildman–Crippen LogP) is 2.72. The highest BCUT2D eigenvalue weighted by Gasteiger charge is 2.35. The Morgan fingerprint density at radius 1 is 1.22 bits per heavy atom. The highest BCUT2D eigenvalue weighted by atomic mass is 32.1. The number of hydrogen-bond acceptors (Lipinski definition) is 6. The number of fused-ring (bicyclic) bond motifs is 3. The van der Waals surface area contributed by atoms with Gasteiger partial charge in [-0.2, -0.15) is 0 Å². The van der Waals surface area contributed by atoms with E-state index in [0.717, 1.165) is 32.5 Å². The maximum Gasteiger partial charge on any atom is 0.280 e. The fourth-order valence-corrected chi connectivity index (χ4v) is 4.39. The smallest absolute Gasteiger partial charge is 0.280 e. The zero-order chi connectivity index (χ0) is 18.8. The summed E-state index contributed by atoms with van der Waals surface area (Å²) in [5.41, 5.74) is 0.705. The molecule has 2 aromatic rings. The van der Waals surface area contributed by atoms with Gasteiger partial charge < -0.3 is 20.3 Å². The number of carbonyl (C=O) groups is 2. The van der Waals surface area contributed by atoms with Crippen LogP contribution in [-0.4, -0.2) is 47.4 Å². The van der Waals surface area contributed by atoms with Crippen LogP contribution in [0.2, 0.25) is 0 Å². The van der Waals surface area contributed by atoms with Crippen molar-refractivity contribution in [2.45, 2.75) is 25.8 Å². The Kier molecular flexibility index (Phi) is 5.09. The van der Waals surface area contributed by atoms with E-state index in [2.05, 4.69) is 20.5 Å². The lowest BCUT2D eigenvalue weighted by atomic mass is 9.84. The summed E-state index contributed by atoms with van der Waals surface area (Å²) >= 11 is 1.23. The minimum Gasteiger partial charge on any atom is -0.445 e. The Bertz CT molecular complexity index is 828. The van der Waals surface area contributed by atoms with Crippen molar-refractivity contribution in [1.82, 2.24) is 15.2 Å². The van der Waals surface area contributed by atoms with E-state index in [1.165, 1.54) is 18.3 Å². The van der Waals surface area contributed by atoms with Crippen LogP contribution in [0.5, 0.6) is 10.8 Å². The summed E-state index contributed by atoms with van der Waals surface area (Å²) in [6.45, 7) is 4.69. The van der Waals surface area contributed by atoms with Gasteiger partial charge in [-0.3, -0.25) is 9.59 Å². The normalized spacial score (nSPS) is 23.7. The van der Waals surface area contributed by atoms with E-state index in [1.54, 1.807) is 30.5 Å². The molecule has 4 heterocycles. The van der Waals surface area contributed by atoms with E-state index in [-0.39, 0.29) is 17.9 Å². The standard InChI is InChI=1S/C19H22N4O3S/c1-12(24)21-14-2-4-15(5-3-14)26-17-10-20-19(27-17)18(25)22-16-11-23-8-6-13(16)7-9-23/h2-5,10,13,16H,6-9,11H2,1H3,(H,21,24)(H,22,25). The molecular weight excluding hydrogens is 364 g/mol. The molecule has 1 atom stereocenters. The number of rotatable bonds is 5. The van der Waals surface area contributed by atoms with Crippen molar-refractivity contribution in [3.05, 3.63) is 35.5 Å². The van der Waals surface area contributed by atoms with Crippen LogP contribution >= 0.6 is 11.3 Å². The third kappa shape index (κ3) is 4.28. The van der Waals surface area contributed by atoms with Gasteiger partial charge in [-0.05, 0) is 56.1 Å². The van der Waals surface area contributed by atoms with Crippen molar-refractivity contribution >= 4 is 28.8 Å². The minimum absolute atomic E-state index is 0.121. The Morgan fingerprint density at radius 3 is 2.59 bits per heavy atom. The summed E-state index contributed by atoms with van der Waals surface area (Å²) < 4.78 is 5.76. The second kappa shape index (κ2) is 7.66. The third-order valence-electron chi connectivity index (χ3n) is 5.04. The highest BCUT2D eigenvalue weighted by molar-refractivity contribution is 7.15. The molecule has 27 heavy (non-hydrogen) atoms. The van der Waals surface area contributed by atoms with E-state index >= 15 is 0 Å². The highest BCUT2D eigenvalue weighted by Crippen LogP contribution is 2.30. The van der Waals surface area contributed by atoms with Crippen LogP contribution in [0.3, 0.4) is 0 Å². The Labute approximate surface area is 161 Å². The number of piperidine rings is 3. The minimum atomic E-state index is -0.130. The van der Waals surface area contributed by atoms with Gasteiger partial charge in [0.25, 0.3) is 5.91 Å². The first-order valence-electron chi connectivity index (χ1n) is 9.11. The van der Waals surface area contributed by atoms with Crippen LogP contribution in [-0.2, 0) is 4.79 Å². The second-order valence-corrected chi connectivity index (χ2v) is 8.00. The van der Waals surface area contributed by atoms with Crippen LogP contribution in [0, 0.1) is 5.92 Å². The molecule has 2 N–H and O–H groups in total. The Balaban J connectivity index is 1.35. The van der Waals surface area contributed by atoms with Gasteiger partial charge in [0.1, 0.15) is 5.75 Å². The molecule has 7 nitrogen and oxygen atoms in total. The van der Waals surface area contributed by atoms with E-state index in [4.69, 9.17) is 4.74 Å². The number of benzene rings is 1. The van der Waals surface area contributed by atoms with Gasteiger partial charge >= 0.3 is 0 Å². The molecule has 0 aliphatic carbocycles. The summed E-state index contributed by atoms with van der Waals surface area (Å²) in [5, 5.41) is 6.82. The van der Waals surface area contributed by atoms with Gasteiger partial charge in [-0.15, -0.1) is 0 Å². The van der Waals surface area contributed by atoms with Gasteiger partial charge in [0.2, 0.25) is 11.0 Å². The van der Waals surface area contributed by atoms with Gasteiger partial charge in [0.15, 0.2) is 5.01 Å². The zero-order valence-electron chi connectivity index (χ0n) is 15.1. The number of nitrogens with one attached hydrogen (secondary N) is 2. The van der Waals surface area contributed by atoms with Crippen LogP contribution in [0.1, 0.15) is 29.6 Å². The number of anilines is 1. The zero-order valence-corrected chi connectivity index (χ0v) is 15.9. The van der Waals surface area contributed by atoms with Crippen LogP contribution in [0.4, 0.5) is 5.69 Å². The maximum atomic E-state index is 12.5. The van der Waals surface area contributed by atoms with Crippen molar-refractivity contribution in [2.24, 2.45) is 5.92 Å². The van der Waals surface area contributed by atoms with Crippen LogP contribution in [0.25, 0.3) is 0 Å². The summed E-state index contributed by atoms with van der Waals surface area (Å²) in [5.74, 6) is 0.952. The predicted molar refractivity (Wildman–Crippen MR) is 103 cm³/mol. The molecule has 8 heteroatoms. The molecule has 3 saturated heterocycles. The molecule has 0 spiro atoms. The first-order valence-corrected chi connectivity index (χ1v) is 9.93. The Morgan fingerprint density at radius 2 is 1.96 bits per heavy atom. The maximum absolute atomic E-state index is 12.5. The lowest BCUT2D eigenvalue weighted by molar-refractivity contribution is -0.114. The summed E-state index contributed by atoms with van der Waals surface area (Å²) in [6.07, 6.45) is 3.88. The average molecular weight is 386 g/mol. The number of nitrogens with zero attached hydrogens (tertiary/aromatic N) is 2. The SMILES string of the molecule is CC(=O)Nc1ccc(Oc2cnc(C(=O)NC3CN4CCC3CC4)s2)cc1. The number of ether oxygens (including phenoxy) is 1. The number of thiazole rings is 1. The molecule has 0 radical (unpaired) electrons. The summed E-state index contributed by atoms with van der Waals surface area (Å²) in [4.78, 5) is 30.2. The third-order valence-corrected chi connectivity index (χ3v) is 5.92. The van der Waals surface area contributed by atoms with Crippen molar-refractivity contribution in [2.75, 3.05) is 25.0 Å². The molecule has 142 valence electrons. The lowest BCUT2D eigenvalue weighted by Crippen LogP contribution is -2.57. The number of aromatic nitrogens is 1. The van der Waals surface area contributed by atoms with Gasteiger partial charge in [0, 0.05) is 25.2 Å². The van der Waals surface area contributed by atoms with E-state index < -0.39 is 0 Å². The molecule has 1 aromatic carbocycles. The molecule has 3 fully saturated rings. The van der Waals surface area contributed by atoms with Crippen LogP contribution in [0.15, 0.2) is 30.5 Å². The molecule has 3 aliphatic rings. The first kappa shape index (κ1) is 17.9. The fraction of sp³-hybridized carbons (Fsp3) is 0.421. The lowest BCUT2D eigenvalue weighted by Gasteiger charge is -2.44.